The number of nitro groups is 1. The Balaban J connectivity index is 1.97. The number of benzene rings is 1. The molecule has 0 fully saturated rings. The molecule has 2 N–H and O–H groups in total. The van der Waals surface area contributed by atoms with E-state index in [2.05, 4.69) is 10.9 Å². The lowest BCUT2D eigenvalue weighted by atomic mass is 10.3. The number of hydrogen-bond donors (Lipinski definition) is 2. The number of carbonyl (C=O) groups is 1. The van der Waals surface area contributed by atoms with E-state index < -0.39 is 16.7 Å². The molecular weight excluding hydrogens is 238 g/mol. The molecule has 0 aliphatic rings. The van der Waals surface area contributed by atoms with Crippen molar-refractivity contribution in [3.8, 4) is 0 Å². The average Bonchev–Trinajstić information content (AvgIpc) is 2.87. The molecule has 18 heavy (non-hydrogen) atoms. The Morgan fingerprint density at radius 3 is 2.50 bits per heavy atom. The van der Waals surface area contributed by atoms with Gasteiger partial charge in [-0.1, -0.05) is 18.2 Å². The Morgan fingerprint density at radius 1 is 1.17 bits per heavy atom. The predicted molar refractivity (Wildman–Crippen MR) is 62.9 cm³/mol. The summed E-state index contributed by atoms with van der Waals surface area (Å²) in [5.74, 6) is -1.20. The number of nitrogens with one attached hydrogen (secondary N) is 2. The van der Waals surface area contributed by atoms with Crippen molar-refractivity contribution in [2.24, 2.45) is 0 Å². The van der Waals surface area contributed by atoms with E-state index in [0.717, 1.165) is 6.07 Å². The molecule has 1 amide bonds. The Hall–Kier alpha value is -2.83. The summed E-state index contributed by atoms with van der Waals surface area (Å²) in [6, 6.07) is 11.3. The molecule has 92 valence electrons. The smallest absolute Gasteiger partial charge is 0.395 e. The molecule has 1 aromatic heterocycles. The normalized spacial score (nSPS) is 9.78. The molecule has 0 aliphatic heterocycles. The minimum atomic E-state index is -0.707. The molecule has 0 atom stereocenters. The molecular formula is C11H9N3O4. The van der Waals surface area contributed by atoms with Crippen molar-refractivity contribution in [1.29, 1.82) is 0 Å². The van der Waals surface area contributed by atoms with E-state index >= 15 is 0 Å². The van der Waals surface area contributed by atoms with Crippen LogP contribution in [0, 0.1) is 10.1 Å². The minimum Gasteiger partial charge on any atom is -0.395 e. The van der Waals surface area contributed by atoms with Gasteiger partial charge in [-0.25, -0.2) is 0 Å². The maximum absolute atomic E-state index is 11.6. The standard InChI is InChI=1S/C11H9N3O4/c15-11(9-6-7-10(18-9)14(16)17)13-12-8-4-2-1-3-5-8/h1-7,12H,(H,13,15). The predicted octanol–water partition coefficient (Wildman–Crippen LogP) is 1.94. The molecule has 2 aromatic rings. The van der Waals surface area contributed by atoms with Gasteiger partial charge >= 0.3 is 11.8 Å². The summed E-state index contributed by atoms with van der Waals surface area (Å²) in [5.41, 5.74) is 5.70. The zero-order valence-corrected chi connectivity index (χ0v) is 9.12. The van der Waals surface area contributed by atoms with Crippen LogP contribution in [0.3, 0.4) is 0 Å². The molecule has 0 saturated carbocycles. The lowest BCUT2D eigenvalue weighted by Crippen LogP contribution is -2.28. The number of hydrazine groups is 1. The number of rotatable bonds is 4. The Labute approximate surface area is 102 Å². The first kappa shape index (κ1) is 11.6. The van der Waals surface area contributed by atoms with Crippen LogP contribution in [-0.4, -0.2) is 10.8 Å². The van der Waals surface area contributed by atoms with E-state index in [1.165, 1.54) is 6.07 Å². The third kappa shape index (κ3) is 2.64. The van der Waals surface area contributed by atoms with Gasteiger partial charge in [0.2, 0.25) is 5.76 Å². The second-order valence-electron chi connectivity index (χ2n) is 3.34. The highest BCUT2D eigenvalue weighted by Crippen LogP contribution is 2.15. The molecule has 7 heteroatoms. The fourth-order valence-corrected chi connectivity index (χ4v) is 1.26. The first-order valence-corrected chi connectivity index (χ1v) is 5.02. The zero-order valence-electron chi connectivity index (χ0n) is 9.12. The highest BCUT2D eigenvalue weighted by Gasteiger charge is 2.16. The van der Waals surface area contributed by atoms with Gasteiger partial charge in [0.15, 0.2) is 0 Å². The summed E-state index contributed by atoms with van der Waals surface area (Å²) < 4.78 is 4.74. The van der Waals surface area contributed by atoms with E-state index in [1.807, 2.05) is 6.07 Å². The van der Waals surface area contributed by atoms with Crippen molar-refractivity contribution >= 4 is 17.5 Å². The van der Waals surface area contributed by atoms with Crippen LogP contribution >= 0.6 is 0 Å². The van der Waals surface area contributed by atoms with Crippen LogP contribution < -0.4 is 10.9 Å². The van der Waals surface area contributed by atoms with Crippen LogP contribution in [0.1, 0.15) is 10.6 Å². The first-order chi connectivity index (χ1) is 8.66. The largest absolute Gasteiger partial charge is 0.433 e. The van der Waals surface area contributed by atoms with Crippen molar-refractivity contribution in [2.45, 2.75) is 0 Å². The van der Waals surface area contributed by atoms with Gasteiger partial charge in [-0.3, -0.25) is 25.8 Å². The second kappa shape index (κ2) is 5.00. The maximum Gasteiger partial charge on any atom is 0.433 e. The van der Waals surface area contributed by atoms with E-state index in [4.69, 9.17) is 4.42 Å². The fraction of sp³-hybridized carbons (Fsp3) is 0. The lowest BCUT2D eigenvalue weighted by molar-refractivity contribution is -0.402. The molecule has 0 radical (unpaired) electrons. The number of hydrogen-bond acceptors (Lipinski definition) is 5. The molecule has 0 bridgehead atoms. The molecule has 0 saturated heterocycles. The molecule has 1 aromatic carbocycles. The third-order valence-corrected chi connectivity index (χ3v) is 2.09. The highest BCUT2D eigenvalue weighted by atomic mass is 16.6. The fourth-order valence-electron chi connectivity index (χ4n) is 1.26. The Morgan fingerprint density at radius 2 is 1.89 bits per heavy atom. The second-order valence-corrected chi connectivity index (χ2v) is 3.34. The van der Waals surface area contributed by atoms with Gasteiger partial charge in [-0.2, -0.15) is 0 Å². The van der Waals surface area contributed by atoms with Gasteiger partial charge < -0.3 is 4.42 Å². The van der Waals surface area contributed by atoms with Gasteiger partial charge in [-0.15, -0.1) is 0 Å². The van der Waals surface area contributed by atoms with E-state index in [0.29, 0.717) is 5.69 Å². The Kier molecular flexibility index (Phi) is 3.24. The number of anilines is 1. The third-order valence-electron chi connectivity index (χ3n) is 2.09. The monoisotopic (exact) mass is 247 g/mol. The first-order valence-electron chi connectivity index (χ1n) is 5.02. The molecule has 7 nitrogen and oxygen atoms in total. The summed E-state index contributed by atoms with van der Waals surface area (Å²) in [7, 11) is 0. The number of amides is 1. The van der Waals surface area contributed by atoms with Gasteiger partial charge in [0.1, 0.15) is 4.92 Å². The van der Waals surface area contributed by atoms with Crippen molar-refractivity contribution in [3.05, 3.63) is 58.3 Å². The summed E-state index contributed by atoms with van der Waals surface area (Å²) in [6.07, 6.45) is 0. The van der Waals surface area contributed by atoms with Crippen LogP contribution in [0.2, 0.25) is 0 Å². The Bertz CT molecular complexity index is 565. The maximum atomic E-state index is 11.6. The van der Waals surface area contributed by atoms with E-state index in [9.17, 15) is 14.9 Å². The van der Waals surface area contributed by atoms with Gasteiger partial charge in [0, 0.05) is 0 Å². The molecule has 1 heterocycles. The summed E-state index contributed by atoms with van der Waals surface area (Å²) >= 11 is 0. The van der Waals surface area contributed by atoms with Crippen molar-refractivity contribution in [2.75, 3.05) is 5.43 Å². The molecule has 0 spiro atoms. The van der Waals surface area contributed by atoms with Gasteiger partial charge in [-0.05, 0) is 18.2 Å². The molecule has 2 rings (SSSR count). The van der Waals surface area contributed by atoms with Crippen molar-refractivity contribution < 1.29 is 14.1 Å². The topological polar surface area (TPSA) is 97.4 Å². The lowest BCUT2D eigenvalue weighted by Gasteiger charge is -2.05. The van der Waals surface area contributed by atoms with Crippen LogP contribution in [0.25, 0.3) is 0 Å². The van der Waals surface area contributed by atoms with Gasteiger partial charge in [0.05, 0.1) is 11.8 Å². The summed E-state index contributed by atoms with van der Waals surface area (Å²) in [4.78, 5) is 21.2. The van der Waals surface area contributed by atoms with Crippen LogP contribution in [0.15, 0.2) is 46.9 Å². The van der Waals surface area contributed by atoms with Gasteiger partial charge in [0.25, 0.3) is 0 Å². The van der Waals surface area contributed by atoms with Crippen LogP contribution in [0.5, 0.6) is 0 Å². The minimum absolute atomic E-state index is 0.134. The molecule has 0 aliphatic carbocycles. The number of para-hydroxylation sites is 1. The number of carbonyl (C=O) groups excluding carboxylic acids is 1. The average molecular weight is 247 g/mol. The number of furan rings is 1. The van der Waals surface area contributed by atoms with Crippen molar-refractivity contribution in [3.63, 3.8) is 0 Å². The van der Waals surface area contributed by atoms with Crippen LogP contribution in [0.4, 0.5) is 11.6 Å². The SMILES string of the molecule is O=C(NNc1ccccc1)c1ccc([N+](=O)[O-])o1. The van der Waals surface area contributed by atoms with E-state index in [1.54, 1.807) is 24.3 Å². The summed E-state index contributed by atoms with van der Waals surface area (Å²) in [6.45, 7) is 0. The number of nitrogens with zero attached hydrogens (tertiary/aromatic N) is 1. The molecule has 0 unspecified atom stereocenters. The highest BCUT2D eigenvalue weighted by molar-refractivity contribution is 5.92. The zero-order chi connectivity index (χ0) is 13.0. The van der Waals surface area contributed by atoms with Crippen LogP contribution in [-0.2, 0) is 0 Å². The van der Waals surface area contributed by atoms with E-state index in [-0.39, 0.29) is 5.76 Å². The summed E-state index contributed by atoms with van der Waals surface area (Å²) in [5, 5.41) is 10.4. The quantitative estimate of drug-likeness (QED) is 0.635. The van der Waals surface area contributed by atoms with Crippen molar-refractivity contribution in [1.82, 2.24) is 5.43 Å².